The molecule has 1 amide bonds. The van der Waals surface area contributed by atoms with Crippen molar-refractivity contribution in [1.82, 2.24) is 9.78 Å². The van der Waals surface area contributed by atoms with Crippen LogP contribution in [0.5, 0.6) is 11.5 Å². The number of anilines is 1. The molecule has 0 aliphatic rings. The molecule has 28 heavy (non-hydrogen) atoms. The molecule has 0 atom stereocenters. The van der Waals surface area contributed by atoms with E-state index < -0.39 is 0 Å². The smallest absolute Gasteiger partial charge is 0.256 e. The lowest BCUT2D eigenvalue weighted by Crippen LogP contribution is -2.27. The largest absolute Gasteiger partial charge is 0.490 e. The minimum atomic E-state index is -0.262. The summed E-state index contributed by atoms with van der Waals surface area (Å²) < 4.78 is 13.1. The number of nitrogens with one attached hydrogen (secondary N) is 1. The van der Waals surface area contributed by atoms with Crippen LogP contribution >= 0.6 is 0 Å². The minimum Gasteiger partial charge on any atom is -0.490 e. The van der Waals surface area contributed by atoms with E-state index in [9.17, 15) is 4.79 Å². The third kappa shape index (κ3) is 5.06. The second-order valence-electron chi connectivity index (χ2n) is 8.73. The van der Waals surface area contributed by atoms with Crippen molar-refractivity contribution in [2.45, 2.75) is 66.3 Å². The summed E-state index contributed by atoms with van der Waals surface area (Å²) in [4.78, 5) is 12.9. The lowest BCUT2D eigenvalue weighted by atomic mass is 9.92. The Labute approximate surface area is 168 Å². The van der Waals surface area contributed by atoms with Gasteiger partial charge in [-0.2, -0.15) is 5.10 Å². The monoisotopic (exact) mass is 387 g/mol. The summed E-state index contributed by atoms with van der Waals surface area (Å²) >= 11 is 0. The standard InChI is InChI=1S/C22H33N3O3/c1-9-27-16-12-11-15(13-17(16)28-10-2)20(26)23-19-14-18(21(3,4)5)24-25(19)22(6,7)8/h11-14H,9-10H2,1-8H3,(H,23,26). The summed E-state index contributed by atoms with van der Waals surface area (Å²) in [5, 5.41) is 7.75. The highest BCUT2D eigenvalue weighted by molar-refractivity contribution is 6.04. The molecule has 2 rings (SSSR count). The lowest BCUT2D eigenvalue weighted by Gasteiger charge is -2.23. The first-order valence-corrected chi connectivity index (χ1v) is 9.79. The van der Waals surface area contributed by atoms with Crippen LogP contribution in [0.25, 0.3) is 0 Å². The Kier molecular flexibility index (Phi) is 6.42. The Hall–Kier alpha value is -2.50. The van der Waals surface area contributed by atoms with Crippen LogP contribution in [-0.4, -0.2) is 28.9 Å². The minimum absolute atomic E-state index is 0.114. The maximum absolute atomic E-state index is 12.9. The number of ether oxygens (including phenoxy) is 2. The van der Waals surface area contributed by atoms with Crippen molar-refractivity contribution in [2.24, 2.45) is 0 Å². The van der Waals surface area contributed by atoms with Crippen molar-refractivity contribution < 1.29 is 14.3 Å². The number of hydrogen-bond acceptors (Lipinski definition) is 4. The number of rotatable bonds is 6. The Morgan fingerprint density at radius 3 is 2.14 bits per heavy atom. The molecule has 0 saturated heterocycles. The van der Waals surface area contributed by atoms with Crippen molar-refractivity contribution in [3.8, 4) is 11.5 Å². The molecule has 154 valence electrons. The third-order valence-corrected chi connectivity index (χ3v) is 4.16. The van der Waals surface area contributed by atoms with Gasteiger partial charge in [-0.1, -0.05) is 20.8 Å². The molecule has 1 N–H and O–H groups in total. The zero-order valence-corrected chi connectivity index (χ0v) is 18.3. The topological polar surface area (TPSA) is 65.4 Å². The molecule has 0 unspecified atom stereocenters. The van der Waals surface area contributed by atoms with E-state index in [0.29, 0.717) is 36.1 Å². The van der Waals surface area contributed by atoms with Gasteiger partial charge in [-0.15, -0.1) is 0 Å². The van der Waals surface area contributed by atoms with Crippen LogP contribution in [0.2, 0.25) is 0 Å². The van der Waals surface area contributed by atoms with Crippen LogP contribution in [0.3, 0.4) is 0 Å². The fourth-order valence-electron chi connectivity index (χ4n) is 2.73. The average Bonchev–Trinajstić information content (AvgIpc) is 3.01. The molecule has 0 bridgehead atoms. The first-order valence-electron chi connectivity index (χ1n) is 9.79. The van der Waals surface area contributed by atoms with E-state index in [1.807, 2.05) is 24.6 Å². The maximum Gasteiger partial charge on any atom is 0.256 e. The molecule has 6 heteroatoms. The number of aromatic nitrogens is 2. The predicted molar refractivity (Wildman–Crippen MR) is 113 cm³/mol. The second-order valence-corrected chi connectivity index (χ2v) is 8.73. The molecule has 0 aliphatic carbocycles. The van der Waals surface area contributed by atoms with Crippen LogP contribution in [0.1, 0.15) is 71.4 Å². The van der Waals surface area contributed by atoms with Crippen LogP contribution in [0.15, 0.2) is 24.3 Å². The molecule has 0 radical (unpaired) electrons. The number of nitrogens with zero attached hydrogens (tertiary/aromatic N) is 2. The SMILES string of the molecule is CCOc1ccc(C(=O)Nc2cc(C(C)(C)C)nn2C(C)(C)C)cc1OCC. The van der Waals surface area contributed by atoms with Gasteiger partial charge in [0.2, 0.25) is 0 Å². The van der Waals surface area contributed by atoms with Gasteiger partial charge in [-0.25, -0.2) is 4.68 Å². The van der Waals surface area contributed by atoms with Crippen molar-refractivity contribution in [3.63, 3.8) is 0 Å². The summed E-state index contributed by atoms with van der Waals surface area (Å²) in [7, 11) is 0. The van der Waals surface area contributed by atoms with E-state index in [2.05, 4.69) is 46.9 Å². The van der Waals surface area contributed by atoms with E-state index in [0.717, 1.165) is 5.69 Å². The first kappa shape index (κ1) is 21.8. The number of hydrogen-bond donors (Lipinski definition) is 1. The number of carbonyl (C=O) groups is 1. The van der Waals surface area contributed by atoms with E-state index in [4.69, 9.17) is 14.6 Å². The summed E-state index contributed by atoms with van der Waals surface area (Å²) in [6, 6.07) is 7.17. The number of amides is 1. The molecule has 0 spiro atoms. The zero-order valence-electron chi connectivity index (χ0n) is 18.3. The highest BCUT2D eigenvalue weighted by Gasteiger charge is 2.26. The van der Waals surface area contributed by atoms with Gasteiger partial charge in [0.25, 0.3) is 5.91 Å². The van der Waals surface area contributed by atoms with E-state index in [1.54, 1.807) is 18.2 Å². The van der Waals surface area contributed by atoms with Gasteiger partial charge < -0.3 is 14.8 Å². The Morgan fingerprint density at radius 1 is 1.00 bits per heavy atom. The molecule has 2 aromatic rings. The molecular formula is C22H33N3O3. The molecule has 1 aromatic heterocycles. The predicted octanol–water partition coefficient (Wildman–Crippen LogP) is 4.99. The Morgan fingerprint density at radius 2 is 1.61 bits per heavy atom. The molecule has 1 heterocycles. The van der Waals surface area contributed by atoms with Crippen LogP contribution in [0, 0.1) is 0 Å². The van der Waals surface area contributed by atoms with Gasteiger partial charge in [0.05, 0.1) is 24.4 Å². The maximum atomic E-state index is 12.9. The van der Waals surface area contributed by atoms with E-state index >= 15 is 0 Å². The summed E-state index contributed by atoms with van der Waals surface area (Å²) in [5.41, 5.74) is 1.06. The summed E-state index contributed by atoms with van der Waals surface area (Å²) in [6.45, 7) is 17.3. The van der Waals surface area contributed by atoms with Gasteiger partial charge in [0, 0.05) is 17.0 Å². The molecule has 0 fully saturated rings. The van der Waals surface area contributed by atoms with Crippen LogP contribution in [0.4, 0.5) is 5.82 Å². The van der Waals surface area contributed by atoms with E-state index in [-0.39, 0.29) is 16.9 Å². The van der Waals surface area contributed by atoms with Crippen molar-refractivity contribution in [3.05, 3.63) is 35.5 Å². The van der Waals surface area contributed by atoms with Crippen molar-refractivity contribution in [2.75, 3.05) is 18.5 Å². The van der Waals surface area contributed by atoms with Gasteiger partial charge in [-0.05, 0) is 52.8 Å². The van der Waals surface area contributed by atoms with E-state index in [1.165, 1.54) is 0 Å². The van der Waals surface area contributed by atoms with Crippen molar-refractivity contribution >= 4 is 11.7 Å². The molecular weight excluding hydrogens is 354 g/mol. The van der Waals surface area contributed by atoms with Gasteiger partial charge in [0.15, 0.2) is 11.5 Å². The fraction of sp³-hybridized carbons (Fsp3) is 0.545. The van der Waals surface area contributed by atoms with Crippen LogP contribution < -0.4 is 14.8 Å². The highest BCUT2D eigenvalue weighted by atomic mass is 16.5. The number of benzene rings is 1. The normalized spacial score (nSPS) is 12.0. The lowest BCUT2D eigenvalue weighted by molar-refractivity contribution is 0.102. The summed E-state index contributed by atoms with van der Waals surface area (Å²) in [6.07, 6.45) is 0. The van der Waals surface area contributed by atoms with Gasteiger partial charge >= 0.3 is 0 Å². The first-order chi connectivity index (χ1) is 13.0. The fourth-order valence-corrected chi connectivity index (χ4v) is 2.73. The highest BCUT2D eigenvalue weighted by Crippen LogP contribution is 2.31. The second kappa shape index (κ2) is 8.25. The number of carbonyl (C=O) groups excluding carboxylic acids is 1. The molecule has 1 aromatic carbocycles. The average molecular weight is 388 g/mol. The van der Waals surface area contributed by atoms with Gasteiger partial charge in [0.1, 0.15) is 5.82 Å². The van der Waals surface area contributed by atoms with Crippen LogP contribution in [-0.2, 0) is 11.0 Å². The van der Waals surface area contributed by atoms with Gasteiger partial charge in [-0.3, -0.25) is 4.79 Å². The quantitative estimate of drug-likeness (QED) is 0.759. The third-order valence-electron chi connectivity index (χ3n) is 4.16. The Balaban J connectivity index is 2.37. The van der Waals surface area contributed by atoms with Crippen molar-refractivity contribution in [1.29, 1.82) is 0 Å². The molecule has 6 nitrogen and oxygen atoms in total. The summed E-state index contributed by atoms with van der Waals surface area (Å²) in [5.74, 6) is 1.66. The molecule has 0 saturated carbocycles. The zero-order chi connectivity index (χ0) is 21.1. The molecule has 0 aliphatic heterocycles. The Bertz CT molecular complexity index is 827.